The fourth-order valence-corrected chi connectivity index (χ4v) is 4.23. The van der Waals surface area contributed by atoms with Crippen molar-refractivity contribution in [2.75, 3.05) is 17.1 Å². The van der Waals surface area contributed by atoms with Gasteiger partial charge in [0.1, 0.15) is 18.4 Å². The highest BCUT2D eigenvalue weighted by Gasteiger charge is 2.31. The zero-order valence-corrected chi connectivity index (χ0v) is 21.6. The summed E-state index contributed by atoms with van der Waals surface area (Å²) >= 11 is 6.17. The monoisotopic (exact) mass is 511 g/mol. The molecule has 7 nitrogen and oxygen atoms in total. The summed E-state index contributed by atoms with van der Waals surface area (Å²) in [5, 5.41) is 3.17. The average molecular weight is 512 g/mol. The van der Waals surface area contributed by atoms with Crippen molar-refractivity contribution in [3.63, 3.8) is 0 Å². The average Bonchev–Trinajstić information content (AvgIpc) is 2.77. The van der Waals surface area contributed by atoms with Crippen LogP contribution in [0.1, 0.15) is 38.3 Å². The van der Waals surface area contributed by atoms with Gasteiger partial charge in [-0.2, -0.15) is 0 Å². The van der Waals surface area contributed by atoms with Crippen molar-refractivity contribution < 1.29 is 22.4 Å². The Morgan fingerprint density at radius 1 is 1.15 bits per heavy atom. The third-order valence-electron chi connectivity index (χ3n) is 5.59. The Morgan fingerprint density at radius 3 is 2.35 bits per heavy atom. The summed E-state index contributed by atoms with van der Waals surface area (Å²) in [5.41, 5.74) is 1.18. The van der Waals surface area contributed by atoms with E-state index < -0.39 is 40.2 Å². The van der Waals surface area contributed by atoms with E-state index in [0.29, 0.717) is 11.4 Å². The number of anilines is 1. The third-order valence-corrected chi connectivity index (χ3v) is 7.14. The second-order valence-electron chi connectivity index (χ2n) is 8.31. The molecule has 0 radical (unpaired) electrons. The molecule has 0 aliphatic carbocycles. The summed E-state index contributed by atoms with van der Waals surface area (Å²) in [6.07, 6.45) is 1.67. The Bertz CT molecular complexity index is 1140. The van der Waals surface area contributed by atoms with E-state index in [9.17, 15) is 22.4 Å². The summed E-state index contributed by atoms with van der Waals surface area (Å²) in [7, 11) is -3.87. The quantitative estimate of drug-likeness (QED) is 0.524. The minimum absolute atomic E-state index is 0.123. The molecule has 0 aromatic heterocycles. The molecule has 34 heavy (non-hydrogen) atoms. The zero-order valence-electron chi connectivity index (χ0n) is 20.0. The topological polar surface area (TPSA) is 86.8 Å². The van der Waals surface area contributed by atoms with Gasteiger partial charge in [0.2, 0.25) is 21.8 Å². The van der Waals surface area contributed by atoms with Crippen molar-refractivity contribution in [1.29, 1.82) is 0 Å². The van der Waals surface area contributed by atoms with E-state index >= 15 is 0 Å². The van der Waals surface area contributed by atoms with Crippen LogP contribution in [0.15, 0.2) is 42.5 Å². The molecule has 2 unspecified atom stereocenters. The lowest BCUT2D eigenvalue weighted by atomic mass is 10.1. The number of nitrogens with zero attached hydrogens (tertiary/aromatic N) is 2. The van der Waals surface area contributed by atoms with E-state index in [1.54, 1.807) is 25.1 Å². The molecule has 0 aliphatic heterocycles. The lowest BCUT2D eigenvalue weighted by Crippen LogP contribution is -2.52. The van der Waals surface area contributed by atoms with E-state index in [2.05, 4.69) is 5.32 Å². The number of carbonyl (C=O) groups excluding carboxylic acids is 2. The van der Waals surface area contributed by atoms with Crippen LogP contribution in [-0.2, 0) is 26.2 Å². The third kappa shape index (κ3) is 7.17. The highest BCUT2D eigenvalue weighted by molar-refractivity contribution is 7.92. The SMILES string of the molecule is CCC(C)NC(=O)C(C)N(Cc1ccccc1F)C(=O)CN(c1ccc(C)c(Cl)c1)S(C)(=O)=O. The minimum Gasteiger partial charge on any atom is -0.352 e. The molecule has 0 saturated carbocycles. The molecule has 2 amide bonds. The molecule has 0 fully saturated rings. The van der Waals surface area contributed by atoms with Gasteiger partial charge < -0.3 is 10.2 Å². The number of amides is 2. The number of hydrogen-bond donors (Lipinski definition) is 1. The number of aryl methyl sites for hydroxylation is 1. The van der Waals surface area contributed by atoms with Crippen LogP contribution < -0.4 is 9.62 Å². The minimum atomic E-state index is -3.87. The highest BCUT2D eigenvalue weighted by atomic mass is 35.5. The van der Waals surface area contributed by atoms with Gasteiger partial charge in [-0.1, -0.05) is 42.8 Å². The second-order valence-corrected chi connectivity index (χ2v) is 10.6. The van der Waals surface area contributed by atoms with Gasteiger partial charge in [0.25, 0.3) is 0 Å². The Hall–Kier alpha value is -2.65. The smallest absolute Gasteiger partial charge is 0.244 e. The van der Waals surface area contributed by atoms with E-state index in [1.807, 2.05) is 13.8 Å². The van der Waals surface area contributed by atoms with Crippen LogP contribution in [0.2, 0.25) is 5.02 Å². The second kappa shape index (κ2) is 11.7. The molecule has 10 heteroatoms. The van der Waals surface area contributed by atoms with Gasteiger partial charge in [0.05, 0.1) is 11.9 Å². The first-order valence-corrected chi connectivity index (χ1v) is 13.1. The molecule has 186 valence electrons. The van der Waals surface area contributed by atoms with Crippen LogP contribution >= 0.6 is 11.6 Å². The van der Waals surface area contributed by atoms with Crippen molar-refractivity contribution in [3.8, 4) is 0 Å². The van der Waals surface area contributed by atoms with Gasteiger partial charge >= 0.3 is 0 Å². The van der Waals surface area contributed by atoms with Gasteiger partial charge in [0.15, 0.2) is 0 Å². The Kier molecular flexibility index (Phi) is 9.46. The number of rotatable bonds is 10. The van der Waals surface area contributed by atoms with Crippen molar-refractivity contribution >= 4 is 39.1 Å². The van der Waals surface area contributed by atoms with E-state index in [4.69, 9.17) is 11.6 Å². The standard InChI is InChI=1S/C24H31ClFN3O4S/c1-6-17(3)27-24(31)18(4)28(14-19-9-7-8-10-22(19)26)23(30)15-29(34(5,32)33)20-12-11-16(2)21(25)13-20/h7-13,17-18H,6,14-15H2,1-5H3,(H,27,31). The molecule has 2 atom stereocenters. The van der Waals surface area contributed by atoms with Crippen LogP contribution in [0.5, 0.6) is 0 Å². The summed E-state index contributed by atoms with van der Waals surface area (Å²) in [4.78, 5) is 27.4. The first kappa shape index (κ1) is 27.6. The molecule has 0 spiro atoms. The lowest BCUT2D eigenvalue weighted by molar-refractivity contribution is -0.139. The van der Waals surface area contributed by atoms with Gasteiger partial charge in [-0.05, 0) is 51.0 Å². The van der Waals surface area contributed by atoms with Crippen molar-refractivity contribution in [1.82, 2.24) is 10.2 Å². The van der Waals surface area contributed by atoms with Gasteiger partial charge in [-0.15, -0.1) is 0 Å². The van der Waals surface area contributed by atoms with Gasteiger partial charge in [-0.25, -0.2) is 12.8 Å². The highest BCUT2D eigenvalue weighted by Crippen LogP contribution is 2.25. The number of benzene rings is 2. The molecule has 0 heterocycles. The normalized spacial score (nSPS) is 13.1. The summed E-state index contributed by atoms with van der Waals surface area (Å²) in [6, 6.07) is 9.51. The maximum absolute atomic E-state index is 14.4. The molecule has 1 N–H and O–H groups in total. The predicted molar refractivity (Wildman–Crippen MR) is 133 cm³/mol. The lowest BCUT2D eigenvalue weighted by Gasteiger charge is -2.32. The number of nitrogens with one attached hydrogen (secondary N) is 1. The number of carbonyl (C=O) groups is 2. The van der Waals surface area contributed by atoms with Crippen molar-refractivity contribution in [2.45, 2.75) is 52.7 Å². The number of hydrogen-bond acceptors (Lipinski definition) is 4. The first-order valence-electron chi connectivity index (χ1n) is 10.9. The molecule has 2 aromatic carbocycles. The number of sulfonamides is 1. The number of halogens is 2. The summed E-state index contributed by atoms with van der Waals surface area (Å²) in [5.74, 6) is -1.60. The van der Waals surface area contributed by atoms with Crippen LogP contribution in [0.3, 0.4) is 0 Å². The fourth-order valence-electron chi connectivity index (χ4n) is 3.21. The molecular weight excluding hydrogens is 481 g/mol. The fraction of sp³-hybridized carbons (Fsp3) is 0.417. The Morgan fingerprint density at radius 2 is 1.79 bits per heavy atom. The molecule has 0 aliphatic rings. The van der Waals surface area contributed by atoms with E-state index in [0.717, 1.165) is 16.1 Å². The van der Waals surface area contributed by atoms with Crippen molar-refractivity contribution in [2.24, 2.45) is 0 Å². The van der Waals surface area contributed by atoms with Crippen LogP contribution in [-0.4, -0.2) is 50.0 Å². The van der Waals surface area contributed by atoms with Gasteiger partial charge in [0, 0.05) is 23.2 Å². The summed E-state index contributed by atoms with van der Waals surface area (Å²) < 4.78 is 40.4. The Balaban J connectivity index is 2.42. The maximum Gasteiger partial charge on any atom is 0.244 e. The molecule has 2 rings (SSSR count). The first-order chi connectivity index (χ1) is 15.8. The molecule has 0 bridgehead atoms. The van der Waals surface area contributed by atoms with Crippen LogP contribution in [0.4, 0.5) is 10.1 Å². The van der Waals surface area contributed by atoms with Gasteiger partial charge in [-0.3, -0.25) is 13.9 Å². The Labute approximate surface area is 205 Å². The van der Waals surface area contributed by atoms with Crippen molar-refractivity contribution in [3.05, 3.63) is 64.4 Å². The molecule has 0 saturated heterocycles. The van der Waals surface area contributed by atoms with Crippen LogP contribution in [0.25, 0.3) is 0 Å². The van der Waals surface area contributed by atoms with Crippen LogP contribution in [0, 0.1) is 12.7 Å². The van der Waals surface area contributed by atoms with E-state index in [1.165, 1.54) is 36.1 Å². The molecule has 2 aromatic rings. The largest absolute Gasteiger partial charge is 0.352 e. The zero-order chi connectivity index (χ0) is 25.6. The summed E-state index contributed by atoms with van der Waals surface area (Å²) in [6.45, 7) is 6.27. The maximum atomic E-state index is 14.4. The predicted octanol–water partition coefficient (Wildman–Crippen LogP) is 3.89. The molecular formula is C24H31ClFN3O4S. The van der Waals surface area contributed by atoms with E-state index in [-0.39, 0.29) is 23.8 Å².